The van der Waals surface area contributed by atoms with E-state index >= 15 is 0 Å². The minimum absolute atomic E-state index is 0.419. The first kappa shape index (κ1) is 14.2. The summed E-state index contributed by atoms with van der Waals surface area (Å²) in [6.45, 7) is 6.58. The summed E-state index contributed by atoms with van der Waals surface area (Å²) in [4.78, 5) is 2.12. The molecule has 96 valence electrons. The van der Waals surface area contributed by atoms with E-state index in [1.54, 1.807) is 0 Å². The smallest absolute Gasteiger partial charge is 0.0917 e. The van der Waals surface area contributed by atoms with E-state index in [0.29, 0.717) is 6.54 Å². The zero-order valence-electron chi connectivity index (χ0n) is 11.3. The third kappa shape index (κ3) is 4.86. The van der Waals surface area contributed by atoms with Gasteiger partial charge in [-0.25, -0.2) is 0 Å². The first-order valence-corrected chi connectivity index (χ1v) is 6.11. The van der Waals surface area contributed by atoms with E-state index in [4.69, 9.17) is 0 Å². The summed E-state index contributed by atoms with van der Waals surface area (Å²) in [5, 5.41) is 13.4. The normalized spacial score (nSPS) is 13.1. The standard InChI is InChI=1S/C14H24N2O/c1-11-5-6-12(2)13(9-11)14(17)10-15-7-8-16(3)4/h5-6,9,14-15,17H,7-8,10H2,1-4H3. The van der Waals surface area contributed by atoms with Gasteiger partial charge in [-0.1, -0.05) is 23.8 Å². The van der Waals surface area contributed by atoms with Crippen molar-refractivity contribution in [3.8, 4) is 0 Å². The Morgan fingerprint density at radius 2 is 2.00 bits per heavy atom. The van der Waals surface area contributed by atoms with Gasteiger partial charge < -0.3 is 15.3 Å². The van der Waals surface area contributed by atoms with Crippen molar-refractivity contribution in [1.82, 2.24) is 10.2 Å². The van der Waals surface area contributed by atoms with E-state index in [0.717, 1.165) is 24.2 Å². The summed E-state index contributed by atoms with van der Waals surface area (Å²) in [5.74, 6) is 0. The van der Waals surface area contributed by atoms with Crippen molar-refractivity contribution in [2.75, 3.05) is 33.7 Å². The second kappa shape index (κ2) is 6.74. The van der Waals surface area contributed by atoms with E-state index in [1.807, 2.05) is 21.0 Å². The maximum absolute atomic E-state index is 10.1. The van der Waals surface area contributed by atoms with Gasteiger partial charge in [0.1, 0.15) is 0 Å². The number of likely N-dealkylation sites (N-methyl/N-ethyl adjacent to an activating group) is 1. The third-order valence-electron chi connectivity index (χ3n) is 2.87. The summed E-state index contributed by atoms with van der Waals surface area (Å²) >= 11 is 0. The molecule has 1 aromatic carbocycles. The van der Waals surface area contributed by atoms with Crippen molar-refractivity contribution in [2.45, 2.75) is 20.0 Å². The van der Waals surface area contributed by atoms with Crippen molar-refractivity contribution >= 4 is 0 Å². The van der Waals surface area contributed by atoms with Crippen LogP contribution >= 0.6 is 0 Å². The van der Waals surface area contributed by atoms with Gasteiger partial charge in [0.15, 0.2) is 0 Å². The maximum Gasteiger partial charge on any atom is 0.0917 e. The molecule has 1 atom stereocenters. The molecule has 3 nitrogen and oxygen atoms in total. The highest BCUT2D eigenvalue weighted by Gasteiger charge is 2.09. The van der Waals surface area contributed by atoms with Crippen molar-refractivity contribution in [3.05, 3.63) is 34.9 Å². The van der Waals surface area contributed by atoms with E-state index in [2.05, 4.69) is 35.3 Å². The SMILES string of the molecule is Cc1ccc(C)c(C(O)CNCCN(C)C)c1. The fourth-order valence-corrected chi connectivity index (χ4v) is 1.77. The number of aliphatic hydroxyl groups is 1. The number of hydrogen-bond donors (Lipinski definition) is 2. The van der Waals surface area contributed by atoms with E-state index in [-0.39, 0.29) is 0 Å². The predicted molar refractivity (Wildman–Crippen MR) is 72.3 cm³/mol. The molecule has 0 bridgehead atoms. The highest BCUT2D eigenvalue weighted by atomic mass is 16.3. The number of nitrogens with one attached hydrogen (secondary N) is 1. The van der Waals surface area contributed by atoms with Gasteiger partial charge in [0.25, 0.3) is 0 Å². The largest absolute Gasteiger partial charge is 0.387 e. The number of aliphatic hydroxyl groups excluding tert-OH is 1. The Labute approximate surface area is 104 Å². The van der Waals surface area contributed by atoms with Crippen molar-refractivity contribution in [1.29, 1.82) is 0 Å². The van der Waals surface area contributed by atoms with Crippen LogP contribution in [-0.2, 0) is 0 Å². The molecule has 1 rings (SSSR count). The number of aryl methyl sites for hydroxylation is 2. The second-order valence-corrected chi connectivity index (χ2v) is 4.88. The molecule has 17 heavy (non-hydrogen) atoms. The molecule has 0 radical (unpaired) electrons. The number of hydrogen-bond acceptors (Lipinski definition) is 3. The van der Waals surface area contributed by atoms with E-state index in [1.165, 1.54) is 5.56 Å². The summed E-state index contributed by atoms with van der Waals surface area (Å²) < 4.78 is 0. The van der Waals surface area contributed by atoms with Gasteiger partial charge in [0.2, 0.25) is 0 Å². The van der Waals surface area contributed by atoms with E-state index in [9.17, 15) is 5.11 Å². The topological polar surface area (TPSA) is 35.5 Å². The van der Waals surface area contributed by atoms with Gasteiger partial charge >= 0.3 is 0 Å². The van der Waals surface area contributed by atoms with Crippen LogP contribution in [0.15, 0.2) is 18.2 Å². The Hall–Kier alpha value is -0.900. The zero-order valence-corrected chi connectivity index (χ0v) is 11.3. The number of benzene rings is 1. The minimum Gasteiger partial charge on any atom is -0.387 e. The molecule has 1 aromatic rings. The average Bonchev–Trinajstić information content (AvgIpc) is 2.27. The molecule has 0 aliphatic rings. The van der Waals surface area contributed by atoms with Crippen LogP contribution in [0.5, 0.6) is 0 Å². The van der Waals surface area contributed by atoms with Crippen LogP contribution in [0.3, 0.4) is 0 Å². The summed E-state index contributed by atoms with van der Waals surface area (Å²) in [6, 6.07) is 6.20. The maximum atomic E-state index is 10.1. The monoisotopic (exact) mass is 236 g/mol. The molecule has 0 amide bonds. The third-order valence-corrected chi connectivity index (χ3v) is 2.87. The fourth-order valence-electron chi connectivity index (χ4n) is 1.77. The first-order valence-electron chi connectivity index (χ1n) is 6.11. The lowest BCUT2D eigenvalue weighted by Gasteiger charge is -2.16. The first-order chi connectivity index (χ1) is 8.00. The summed E-state index contributed by atoms with van der Waals surface area (Å²) in [7, 11) is 4.09. The predicted octanol–water partition coefficient (Wildman–Crippen LogP) is 1.49. The van der Waals surface area contributed by atoms with Crippen molar-refractivity contribution in [3.63, 3.8) is 0 Å². The molecular weight excluding hydrogens is 212 g/mol. The van der Waals surface area contributed by atoms with Crippen LogP contribution in [0.2, 0.25) is 0 Å². The van der Waals surface area contributed by atoms with Crippen LogP contribution in [-0.4, -0.2) is 43.7 Å². The van der Waals surface area contributed by atoms with Gasteiger partial charge in [-0.15, -0.1) is 0 Å². The molecule has 2 N–H and O–H groups in total. The Morgan fingerprint density at radius 1 is 1.29 bits per heavy atom. The van der Waals surface area contributed by atoms with Gasteiger partial charge in [-0.3, -0.25) is 0 Å². The molecule has 0 heterocycles. The van der Waals surface area contributed by atoms with Crippen LogP contribution in [0.4, 0.5) is 0 Å². The van der Waals surface area contributed by atoms with Crippen LogP contribution < -0.4 is 5.32 Å². The minimum atomic E-state index is -0.419. The van der Waals surface area contributed by atoms with Crippen molar-refractivity contribution < 1.29 is 5.11 Å². The molecule has 0 saturated heterocycles. The second-order valence-electron chi connectivity index (χ2n) is 4.88. The average molecular weight is 236 g/mol. The quantitative estimate of drug-likeness (QED) is 0.735. The van der Waals surface area contributed by atoms with E-state index < -0.39 is 6.10 Å². The van der Waals surface area contributed by atoms with Gasteiger partial charge in [0, 0.05) is 19.6 Å². The van der Waals surface area contributed by atoms with Gasteiger partial charge in [-0.2, -0.15) is 0 Å². The molecule has 0 aliphatic heterocycles. The van der Waals surface area contributed by atoms with Gasteiger partial charge in [0.05, 0.1) is 6.10 Å². The van der Waals surface area contributed by atoms with Gasteiger partial charge in [-0.05, 0) is 39.1 Å². The number of nitrogens with zero attached hydrogens (tertiary/aromatic N) is 1. The number of rotatable bonds is 6. The Bertz CT molecular complexity index is 350. The lowest BCUT2D eigenvalue weighted by Crippen LogP contribution is -2.29. The van der Waals surface area contributed by atoms with Crippen LogP contribution in [0, 0.1) is 13.8 Å². The Kier molecular flexibility index (Phi) is 5.62. The molecule has 0 saturated carbocycles. The lowest BCUT2D eigenvalue weighted by atomic mass is 10.0. The highest BCUT2D eigenvalue weighted by molar-refractivity contribution is 5.32. The fraction of sp³-hybridized carbons (Fsp3) is 0.571. The lowest BCUT2D eigenvalue weighted by molar-refractivity contribution is 0.173. The Morgan fingerprint density at radius 3 is 2.65 bits per heavy atom. The Balaban J connectivity index is 2.46. The molecule has 0 aliphatic carbocycles. The van der Waals surface area contributed by atoms with Crippen LogP contribution in [0.25, 0.3) is 0 Å². The molecule has 0 aromatic heterocycles. The summed E-state index contributed by atoms with van der Waals surface area (Å²) in [6.07, 6.45) is -0.419. The van der Waals surface area contributed by atoms with Crippen molar-refractivity contribution in [2.24, 2.45) is 0 Å². The molecular formula is C14H24N2O. The molecule has 0 spiro atoms. The summed E-state index contributed by atoms with van der Waals surface area (Å²) in [5.41, 5.74) is 3.37. The molecule has 3 heteroatoms. The zero-order chi connectivity index (χ0) is 12.8. The molecule has 1 unspecified atom stereocenters. The van der Waals surface area contributed by atoms with Crippen LogP contribution in [0.1, 0.15) is 22.8 Å². The molecule has 0 fully saturated rings. The highest BCUT2D eigenvalue weighted by Crippen LogP contribution is 2.18.